The quantitative estimate of drug-likeness (QED) is 0.669. The summed E-state index contributed by atoms with van der Waals surface area (Å²) in [6.45, 7) is 6.54. The molecule has 0 unspecified atom stereocenters. The Kier molecular flexibility index (Phi) is 5.77. The number of carbonyl (C=O) groups is 1. The van der Waals surface area contributed by atoms with Gasteiger partial charge >= 0.3 is 0 Å². The third-order valence-electron chi connectivity index (χ3n) is 6.94. The van der Waals surface area contributed by atoms with Crippen molar-refractivity contribution in [1.82, 2.24) is 19.8 Å². The molecule has 5 nitrogen and oxygen atoms in total. The van der Waals surface area contributed by atoms with Gasteiger partial charge in [-0.3, -0.25) is 14.7 Å². The van der Waals surface area contributed by atoms with Crippen molar-refractivity contribution in [1.29, 1.82) is 0 Å². The minimum Gasteiger partial charge on any atom is -0.358 e. The molecule has 31 heavy (non-hydrogen) atoms. The summed E-state index contributed by atoms with van der Waals surface area (Å²) in [5.41, 5.74) is 6.16. The Morgan fingerprint density at radius 3 is 2.68 bits per heavy atom. The van der Waals surface area contributed by atoms with E-state index >= 15 is 0 Å². The highest BCUT2D eigenvalue weighted by Crippen LogP contribution is 2.39. The summed E-state index contributed by atoms with van der Waals surface area (Å²) in [5, 5.41) is 1.26. The maximum Gasteiger partial charge on any atom is 0.236 e. The molecule has 0 radical (unpaired) electrons. The zero-order valence-electron chi connectivity index (χ0n) is 18.4. The molecule has 5 heteroatoms. The van der Waals surface area contributed by atoms with Gasteiger partial charge in [0.15, 0.2) is 0 Å². The Morgan fingerprint density at radius 1 is 1.06 bits per heavy atom. The number of aromatic nitrogens is 2. The molecule has 0 saturated carbocycles. The number of benzene rings is 1. The van der Waals surface area contributed by atoms with Crippen molar-refractivity contribution in [3.8, 4) is 11.1 Å². The molecular formula is C26H32N4O. The van der Waals surface area contributed by atoms with Gasteiger partial charge in [-0.2, -0.15) is 0 Å². The zero-order valence-corrected chi connectivity index (χ0v) is 18.4. The molecule has 1 amide bonds. The van der Waals surface area contributed by atoms with Crippen molar-refractivity contribution >= 4 is 16.8 Å². The van der Waals surface area contributed by atoms with E-state index in [1.807, 2.05) is 12.4 Å². The fourth-order valence-electron chi connectivity index (χ4n) is 5.31. The first-order valence-electron chi connectivity index (χ1n) is 11.7. The van der Waals surface area contributed by atoms with Crippen molar-refractivity contribution in [3.05, 3.63) is 54.0 Å². The number of nitrogens with one attached hydrogen (secondary N) is 1. The average Bonchev–Trinajstić information content (AvgIpc) is 3.19. The molecule has 1 atom stereocenters. The van der Waals surface area contributed by atoms with E-state index in [2.05, 4.69) is 57.0 Å². The van der Waals surface area contributed by atoms with Crippen molar-refractivity contribution in [2.24, 2.45) is 0 Å². The second kappa shape index (κ2) is 8.83. The number of H-pyrrole nitrogens is 1. The van der Waals surface area contributed by atoms with Gasteiger partial charge in [0.1, 0.15) is 0 Å². The Balaban J connectivity index is 1.44. The highest BCUT2D eigenvalue weighted by Gasteiger charge is 2.29. The minimum atomic E-state index is 0.295. The van der Waals surface area contributed by atoms with E-state index in [0.29, 0.717) is 18.4 Å². The molecule has 1 aromatic carbocycles. The zero-order chi connectivity index (χ0) is 21.2. The molecule has 0 bridgehead atoms. The van der Waals surface area contributed by atoms with Crippen LogP contribution in [0.5, 0.6) is 0 Å². The van der Waals surface area contributed by atoms with Gasteiger partial charge in [-0.05, 0) is 75.5 Å². The van der Waals surface area contributed by atoms with Crippen LogP contribution in [-0.2, 0) is 4.79 Å². The lowest BCUT2D eigenvalue weighted by Crippen LogP contribution is -2.45. The van der Waals surface area contributed by atoms with Gasteiger partial charge in [0.05, 0.1) is 6.54 Å². The first kappa shape index (κ1) is 20.3. The summed E-state index contributed by atoms with van der Waals surface area (Å²) in [6.07, 6.45) is 9.64. The van der Waals surface area contributed by atoms with E-state index in [1.165, 1.54) is 52.5 Å². The van der Waals surface area contributed by atoms with Crippen LogP contribution in [0.4, 0.5) is 0 Å². The van der Waals surface area contributed by atoms with Crippen LogP contribution in [0.1, 0.15) is 49.3 Å². The summed E-state index contributed by atoms with van der Waals surface area (Å²) in [4.78, 5) is 25.5. The Hall–Kier alpha value is -2.66. The Morgan fingerprint density at radius 2 is 1.87 bits per heavy atom. The number of hydrogen-bond donors (Lipinski definition) is 1. The molecule has 2 aliphatic rings. The molecule has 2 aromatic heterocycles. The number of pyridine rings is 1. The van der Waals surface area contributed by atoms with Crippen molar-refractivity contribution in [3.63, 3.8) is 0 Å². The highest BCUT2D eigenvalue weighted by molar-refractivity contribution is 5.98. The van der Waals surface area contributed by atoms with Gasteiger partial charge in [-0.1, -0.05) is 18.1 Å². The fraction of sp³-hybridized carbons (Fsp3) is 0.462. The number of piperidine rings is 2. The van der Waals surface area contributed by atoms with Crippen LogP contribution >= 0.6 is 0 Å². The number of nitrogens with zero attached hydrogens (tertiary/aromatic N) is 3. The molecule has 2 fully saturated rings. The summed E-state index contributed by atoms with van der Waals surface area (Å²) >= 11 is 0. The fourth-order valence-corrected chi connectivity index (χ4v) is 5.31. The van der Waals surface area contributed by atoms with Gasteiger partial charge < -0.3 is 9.88 Å². The van der Waals surface area contributed by atoms with Crippen LogP contribution in [0, 0.1) is 6.92 Å². The molecular weight excluding hydrogens is 384 g/mol. The third kappa shape index (κ3) is 4.24. The molecule has 162 valence electrons. The number of amides is 1. The van der Waals surface area contributed by atoms with Crippen LogP contribution in [0.15, 0.2) is 42.7 Å². The van der Waals surface area contributed by atoms with Crippen molar-refractivity contribution < 1.29 is 4.79 Å². The molecule has 0 aliphatic carbocycles. The number of hydrogen-bond acceptors (Lipinski definition) is 3. The predicted molar refractivity (Wildman–Crippen MR) is 125 cm³/mol. The van der Waals surface area contributed by atoms with Gasteiger partial charge in [0.2, 0.25) is 5.91 Å². The lowest BCUT2D eigenvalue weighted by molar-refractivity contribution is -0.133. The normalized spacial score (nSPS) is 20.3. The summed E-state index contributed by atoms with van der Waals surface area (Å²) in [5.74, 6) is 0.624. The van der Waals surface area contributed by atoms with Gasteiger partial charge in [0, 0.05) is 53.6 Å². The number of aryl methyl sites for hydroxylation is 1. The Labute approximate surface area is 184 Å². The maximum absolute atomic E-state index is 13.1. The van der Waals surface area contributed by atoms with Crippen LogP contribution in [0.25, 0.3) is 22.0 Å². The van der Waals surface area contributed by atoms with E-state index in [1.54, 1.807) is 0 Å². The summed E-state index contributed by atoms with van der Waals surface area (Å²) < 4.78 is 0. The van der Waals surface area contributed by atoms with Gasteiger partial charge in [-0.25, -0.2) is 0 Å². The number of likely N-dealkylation sites (tertiary alicyclic amines) is 2. The van der Waals surface area contributed by atoms with Crippen LogP contribution in [0.2, 0.25) is 0 Å². The average molecular weight is 417 g/mol. The molecule has 0 spiro atoms. The highest BCUT2D eigenvalue weighted by atomic mass is 16.2. The number of carbonyl (C=O) groups excluding carboxylic acids is 1. The first-order valence-corrected chi connectivity index (χ1v) is 11.7. The standard InChI is InChI=1S/C26H32N4O/c1-19-7-8-23-22(16-19)25(20-9-11-27-12-10-20)26(28-23)21-6-5-15-30(17-21)24(31)18-29-13-3-2-4-14-29/h7-12,16,21,28H,2-6,13-15,17-18H2,1H3/t21-/m0/s1. The molecule has 2 saturated heterocycles. The topological polar surface area (TPSA) is 52.2 Å². The predicted octanol–water partition coefficient (Wildman–Crippen LogP) is 4.73. The van der Waals surface area contributed by atoms with Crippen molar-refractivity contribution in [2.75, 3.05) is 32.7 Å². The lowest BCUT2D eigenvalue weighted by Gasteiger charge is -2.35. The molecule has 2 aliphatic heterocycles. The molecule has 5 rings (SSSR count). The molecule has 4 heterocycles. The summed E-state index contributed by atoms with van der Waals surface area (Å²) in [7, 11) is 0. The van der Waals surface area contributed by atoms with E-state index in [-0.39, 0.29) is 0 Å². The summed E-state index contributed by atoms with van der Waals surface area (Å²) in [6, 6.07) is 10.8. The number of rotatable bonds is 4. The van der Waals surface area contributed by atoms with E-state index < -0.39 is 0 Å². The van der Waals surface area contributed by atoms with Crippen LogP contribution < -0.4 is 0 Å². The number of aromatic amines is 1. The maximum atomic E-state index is 13.1. The second-order valence-electron chi connectivity index (χ2n) is 9.21. The Bertz CT molecular complexity index is 1050. The lowest BCUT2D eigenvalue weighted by atomic mass is 9.89. The minimum absolute atomic E-state index is 0.295. The van der Waals surface area contributed by atoms with E-state index in [4.69, 9.17) is 0 Å². The van der Waals surface area contributed by atoms with Crippen LogP contribution in [-0.4, -0.2) is 58.4 Å². The largest absolute Gasteiger partial charge is 0.358 e. The SMILES string of the molecule is Cc1ccc2[nH]c([C@H]3CCCN(C(=O)CN4CCCCC4)C3)c(-c3ccncc3)c2c1. The molecule has 1 N–H and O–H groups in total. The van der Waals surface area contributed by atoms with Gasteiger partial charge in [0.25, 0.3) is 0 Å². The second-order valence-corrected chi connectivity index (χ2v) is 9.21. The van der Waals surface area contributed by atoms with Crippen molar-refractivity contribution in [2.45, 2.75) is 44.9 Å². The number of fused-ring (bicyclic) bond motifs is 1. The smallest absolute Gasteiger partial charge is 0.236 e. The van der Waals surface area contributed by atoms with Crippen LogP contribution in [0.3, 0.4) is 0 Å². The monoisotopic (exact) mass is 416 g/mol. The molecule has 3 aromatic rings. The third-order valence-corrected chi connectivity index (χ3v) is 6.94. The van der Waals surface area contributed by atoms with Gasteiger partial charge in [-0.15, -0.1) is 0 Å². The van der Waals surface area contributed by atoms with E-state index in [9.17, 15) is 4.79 Å². The van der Waals surface area contributed by atoms with E-state index in [0.717, 1.165) is 39.0 Å². The first-order chi connectivity index (χ1) is 15.2.